The third-order valence-corrected chi connectivity index (χ3v) is 4.50. The molecule has 6 nitrogen and oxygen atoms in total. The van der Waals surface area contributed by atoms with Gasteiger partial charge in [0, 0.05) is 26.6 Å². The van der Waals surface area contributed by atoms with Crippen LogP contribution in [0.4, 0.5) is 0 Å². The highest BCUT2D eigenvalue weighted by molar-refractivity contribution is 9.10. The zero-order valence-corrected chi connectivity index (χ0v) is 12.8. The molecular weight excluding hydrogens is 314 g/mol. The Morgan fingerprint density at radius 1 is 1.63 bits per heavy atom. The van der Waals surface area contributed by atoms with Gasteiger partial charge >= 0.3 is 5.97 Å². The number of nitrogens with zero attached hydrogens (tertiary/aromatic N) is 3. The standard InChI is InChI=1S/C12H18BrN3O3/c1-7-11(13)10(15(2)14-7)6-16-5-8(17)4-9(16)12(18)19-3/h8-9,17H,4-6H2,1-3H3. The molecule has 0 saturated carbocycles. The van der Waals surface area contributed by atoms with Gasteiger partial charge < -0.3 is 9.84 Å². The highest BCUT2D eigenvalue weighted by atomic mass is 79.9. The van der Waals surface area contributed by atoms with Crippen molar-refractivity contribution in [1.82, 2.24) is 14.7 Å². The van der Waals surface area contributed by atoms with E-state index in [1.54, 1.807) is 4.68 Å². The van der Waals surface area contributed by atoms with Crippen LogP contribution in [-0.2, 0) is 23.1 Å². The summed E-state index contributed by atoms with van der Waals surface area (Å²) < 4.78 is 7.52. The molecule has 1 saturated heterocycles. The Morgan fingerprint density at radius 2 is 2.32 bits per heavy atom. The Labute approximate surface area is 120 Å². The van der Waals surface area contributed by atoms with E-state index in [0.717, 1.165) is 15.9 Å². The van der Waals surface area contributed by atoms with Crippen molar-refractivity contribution in [2.24, 2.45) is 7.05 Å². The number of aliphatic hydroxyl groups excluding tert-OH is 1. The molecule has 2 rings (SSSR count). The molecular formula is C12H18BrN3O3. The molecule has 1 aromatic heterocycles. The van der Waals surface area contributed by atoms with Crippen molar-refractivity contribution in [2.75, 3.05) is 13.7 Å². The molecule has 2 heterocycles. The van der Waals surface area contributed by atoms with Gasteiger partial charge in [0.15, 0.2) is 0 Å². The Bertz CT molecular complexity index is 489. The van der Waals surface area contributed by atoms with E-state index in [1.165, 1.54) is 7.11 Å². The van der Waals surface area contributed by atoms with E-state index in [-0.39, 0.29) is 12.0 Å². The first-order chi connectivity index (χ1) is 8.93. The number of hydrogen-bond acceptors (Lipinski definition) is 5. The number of likely N-dealkylation sites (tertiary alicyclic amines) is 1. The number of aliphatic hydroxyl groups is 1. The maximum atomic E-state index is 11.7. The van der Waals surface area contributed by atoms with Crippen molar-refractivity contribution >= 4 is 21.9 Å². The SMILES string of the molecule is COC(=O)C1CC(O)CN1Cc1c(Br)c(C)nn1C. The summed E-state index contributed by atoms with van der Waals surface area (Å²) in [6, 6.07) is -0.387. The molecule has 2 unspecified atom stereocenters. The minimum Gasteiger partial charge on any atom is -0.468 e. The number of halogens is 1. The Morgan fingerprint density at radius 3 is 2.84 bits per heavy atom. The largest absolute Gasteiger partial charge is 0.468 e. The lowest BCUT2D eigenvalue weighted by atomic mass is 10.2. The van der Waals surface area contributed by atoms with E-state index in [4.69, 9.17) is 4.74 Å². The van der Waals surface area contributed by atoms with Crippen LogP contribution in [0.1, 0.15) is 17.8 Å². The molecule has 0 radical (unpaired) electrons. The van der Waals surface area contributed by atoms with Crippen LogP contribution < -0.4 is 0 Å². The number of rotatable bonds is 3. The molecule has 1 N–H and O–H groups in total. The molecule has 1 aromatic rings. The molecule has 1 fully saturated rings. The summed E-state index contributed by atoms with van der Waals surface area (Å²) in [4.78, 5) is 13.7. The van der Waals surface area contributed by atoms with Gasteiger partial charge in [0.05, 0.1) is 29.1 Å². The fourth-order valence-electron chi connectivity index (χ4n) is 2.48. The fourth-order valence-corrected chi connectivity index (χ4v) is 2.94. The number of carbonyl (C=O) groups excluding carboxylic acids is 1. The van der Waals surface area contributed by atoms with Crippen molar-refractivity contribution in [2.45, 2.75) is 32.0 Å². The van der Waals surface area contributed by atoms with Crippen LogP contribution in [0.5, 0.6) is 0 Å². The topological polar surface area (TPSA) is 67.6 Å². The first-order valence-electron chi connectivity index (χ1n) is 6.12. The number of aromatic nitrogens is 2. The Balaban J connectivity index is 2.19. The van der Waals surface area contributed by atoms with Crippen LogP contribution >= 0.6 is 15.9 Å². The second kappa shape index (κ2) is 5.60. The minimum absolute atomic E-state index is 0.299. The summed E-state index contributed by atoms with van der Waals surface area (Å²) in [5.74, 6) is -0.299. The van der Waals surface area contributed by atoms with E-state index >= 15 is 0 Å². The number of aryl methyl sites for hydroxylation is 2. The Hall–Kier alpha value is -0.920. The molecule has 106 valence electrons. The van der Waals surface area contributed by atoms with E-state index in [0.29, 0.717) is 19.5 Å². The van der Waals surface area contributed by atoms with Crippen LogP contribution in [0.25, 0.3) is 0 Å². The van der Waals surface area contributed by atoms with E-state index in [9.17, 15) is 9.90 Å². The third-order valence-electron chi connectivity index (χ3n) is 3.47. The van der Waals surface area contributed by atoms with Gasteiger partial charge in [-0.25, -0.2) is 0 Å². The molecule has 1 aliphatic heterocycles. The number of carbonyl (C=O) groups is 1. The molecule has 0 aromatic carbocycles. The van der Waals surface area contributed by atoms with E-state index < -0.39 is 6.10 Å². The van der Waals surface area contributed by atoms with Crippen molar-refractivity contribution in [1.29, 1.82) is 0 Å². The first kappa shape index (κ1) is 14.5. The summed E-state index contributed by atoms with van der Waals surface area (Å²) in [5.41, 5.74) is 1.90. The number of β-amino-alcohol motifs (C(OH)–C–C–N with tert-alkyl or cyclic N) is 1. The lowest BCUT2D eigenvalue weighted by Crippen LogP contribution is -2.37. The predicted octanol–water partition coefficient (Wildman–Crippen LogP) is 0.599. The van der Waals surface area contributed by atoms with Crippen molar-refractivity contribution in [3.05, 3.63) is 15.9 Å². The maximum absolute atomic E-state index is 11.7. The number of methoxy groups -OCH3 is 1. The second-order valence-corrected chi connectivity index (χ2v) is 5.62. The molecule has 0 aliphatic carbocycles. The molecule has 2 atom stereocenters. The molecule has 19 heavy (non-hydrogen) atoms. The third kappa shape index (κ3) is 2.82. The van der Waals surface area contributed by atoms with Crippen LogP contribution in [0.3, 0.4) is 0 Å². The van der Waals surface area contributed by atoms with Gasteiger partial charge in [0.2, 0.25) is 0 Å². The quantitative estimate of drug-likeness (QED) is 0.821. The van der Waals surface area contributed by atoms with Crippen LogP contribution in [0.2, 0.25) is 0 Å². The summed E-state index contributed by atoms with van der Waals surface area (Å²) >= 11 is 3.51. The lowest BCUT2D eigenvalue weighted by molar-refractivity contribution is -0.146. The zero-order chi connectivity index (χ0) is 14.2. The summed E-state index contributed by atoms with van der Waals surface area (Å²) in [7, 11) is 3.24. The summed E-state index contributed by atoms with van der Waals surface area (Å²) in [6.45, 7) is 2.94. The average molecular weight is 332 g/mol. The monoisotopic (exact) mass is 331 g/mol. The highest BCUT2D eigenvalue weighted by Crippen LogP contribution is 2.26. The summed E-state index contributed by atoms with van der Waals surface area (Å²) in [5, 5.41) is 14.1. The van der Waals surface area contributed by atoms with Crippen LogP contribution in [0, 0.1) is 6.92 Å². The smallest absolute Gasteiger partial charge is 0.323 e. The van der Waals surface area contributed by atoms with Crippen LogP contribution in [-0.4, -0.2) is 51.6 Å². The number of esters is 1. The average Bonchev–Trinajstić information content (AvgIpc) is 2.84. The molecule has 0 spiro atoms. The molecule has 7 heteroatoms. The predicted molar refractivity (Wildman–Crippen MR) is 72.5 cm³/mol. The highest BCUT2D eigenvalue weighted by Gasteiger charge is 2.37. The Kier molecular flexibility index (Phi) is 4.27. The number of ether oxygens (including phenoxy) is 1. The van der Waals surface area contributed by atoms with Gasteiger partial charge in [-0.3, -0.25) is 14.4 Å². The molecule has 0 bridgehead atoms. The van der Waals surface area contributed by atoms with Gasteiger partial charge in [0.1, 0.15) is 6.04 Å². The fraction of sp³-hybridized carbons (Fsp3) is 0.667. The van der Waals surface area contributed by atoms with E-state index in [2.05, 4.69) is 21.0 Å². The number of hydrogen-bond donors (Lipinski definition) is 1. The summed E-state index contributed by atoms with van der Waals surface area (Å²) in [6.07, 6.45) is -0.0709. The molecule has 1 aliphatic rings. The van der Waals surface area contributed by atoms with Crippen molar-refractivity contribution in [3.8, 4) is 0 Å². The van der Waals surface area contributed by atoms with Gasteiger partial charge in [-0.2, -0.15) is 5.10 Å². The molecule has 0 amide bonds. The van der Waals surface area contributed by atoms with E-state index in [1.807, 2.05) is 18.9 Å². The van der Waals surface area contributed by atoms with Gasteiger partial charge in [-0.1, -0.05) is 0 Å². The van der Waals surface area contributed by atoms with Crippen molar-refractivity contribution < 1.29 is 14.6 Å². The maximum Gasteiger partial charge on any atom is 0.323 e. The lowest BCUT2D eigenvalue weighted by Gasteiger charge is -2.22. The minimum atomic E-state index is -0.489. The second-order valence-electron chi connectivity index (χ2n) is 4.83. The van der Waals surface area contributed by atoms with Crippen LogP contribution in [0.15, 0.2) is 4.47 Å². The zero-order valence-electron chi connectivity index (χ0n) is 11.3. The van der Waals surface area contributed by atoms with Crippen molar-refractivity contribution in [3.63, 3.8) is 0 Å². The first-order valence-corrected chi connectivity index (χ1v) is 6.91. The van der Waals surface area contributed by atoms with Gasteiger partial charge in [-0.05, 0) is 22.9 Å². The van der Waals surface area contributed by atoms with Gasteiger partial charge in [-0.15, -0.1) is 0 Å². The normalized spacial score (nSPS) is 23.8. The van der Waals surface area contributed by atoms with Gasteiger partial charge in [0.25, 0.3) is 0 Å².